The topological polar surface area (TPSA) is 25.8 Å². The second-order valence-electron chi connectivity index (χ2n) is 20.1. The molecule has 6 aliphatic rings. The van der Waals surface area contributed by atoms with Crippen LogP contribution in [-0.4, -0.2) is 18.0 Å². The molecule has 0 amide bonds. The summed E-state index contributed by atoms with van der Waals surface area (Å²) in [5, 5.41) is 8.51. The number of rotatable bonds is 4. The van der Waals surface area contributed by atoms with Crippen molar-refractivity contribution in [3.63, 3.8) is 0 Å². The van der Waals surface area contributed by atoms with Crippen LogP contribution in [0.4, 0.5) is 0 Å². The standard InChI is InChI=1S/C60H48N2Si/c1-63(2)54-23-13-22-46(57(54)56-44-20-11-9-14-38(44)25-27-55(56)63)48-33-49-47-26-24-39-15-10-12-21-45(39)58(47)60(42-29-36-28-37(31-42)32-43(60)30-36)51(49)34-50(48)59-61-52(40-16-5-3-6-17-40)35-53(62-59)41-18-7-4-8-19-41/h3-27,33-37,42-43H,28-32H2,1-2H3. The zero-order valence-electron chi connectivity index (χ0n) is 35.9. The summed E-state index contributed by atoms with van der Waals surface area (Å²) < 4.78 is 0. The first kappa shape index (κ1) is 36.1. The van der Waals surface area contributed by atoms with E-state index in [1.807, 2.05) is 0 Å². The average molecular weight is 825 g/mol. The molecule has 8 aromatic carbocycles. The Bertz CT molecular complexity index is 3300. The lowest BCUT2D eigenvalue weighted by Gasteiger charge is -2.61. The highest BCUT2D eigenvalue weighted by atomic mass is 28.3. The van der Waals surface area contributed by atoms with E-state index in [9.17, 15) is 0 Å². The molecule has 4 bridgehead atoms. The van der Waals surface area contributed by atoms with E-state index in [1.165, 1.54) is 103 Å². The normalized spacial score (nSPS) is 23.0. The van der Waals surface area contributed by atoms with Crippen LogP contribution in [0.2, 0.25) is 13.1 Å². The first-order chi connectivity index (χ1) is 30.9. The van der Waals surface area contributed by atoms with E-state index in [0.717, 1.165) is 45.7 Å². The van der Waals surface area contributed by atoms with E-state index in [1.54, 1.807) is 5.56 Å². The van der Waals surface area contributed by atoms with E-state index in [2.05, 4.69) is 183 Å². The van der Waals surface area contributed by atoms with Crippen LogP contribution in [0, 0.1) is 23.7 Å². The highest BCUT2D eigenvalue weighted by molar-refractivity contribution is 7.04. The van der Waals surface area contributed by atoms with Gasteiger partial charge in [-0.15, -0.1) is 0 Å². The van der Waals surface area contributed by atoms with Gasteiger partial charge in [-0.1, -0.05) is 165 Å². The minimum atomic E-state index is -2.06. The van der Waals surface area contributed by atoms with Crippen LogP contribution < -0.4 is 10.4 Å². The van der Waals surface area contributed by atoms with Crippen LogP contribution in [0.15, 0.2) is 170 Å². The third-order valence-electron chi connectivity index (χ3n) is 16.6. The van der Waals surface area contributed by atoms with Crippen molar-refractivity contribution in [2.24, 2.45) is 23.7 Å². The van der Waals surface area contributed by atoms with Crippen LogP contribution in [0.25, 0.3) is 88.8 Å². The summed E-state index contributed by atoms with van der Waals surface area (Å²) in [6, 6.07) is 64.1. The molecule has 15 rings (SSSR count). The maximum Gasteiger partial charge on any atom is 0.161 e. The maximum atomic E-state index is 5.65. The monoisotopic (exact) mass is 824 g/mol. The molecule has 0 N–H and O–H groups in total. The van der Waals surface area contributed by atoms with Gasteiger partial charge in [0.15, 0.2) is 5.82 Å². The summed E-state index contributed by atoms with van der Waals surface area (Å²) in [6.45, 7) is 5.10. The van der Waals surface area contributed by atoms with Crippen LogP contribution in [0.1, 0.15) is 43.2 Å². The first-order valence-electron chi connectivity index (χ1n) is 23.3. The molecule has 3 heteroatoms. The molecule has 4 fully saturated rings. The fourth-order valence-electron chi connectivity index (χ4n) is 14.3. The summed E-state index contributed by atoms with van der Waals surface area (Å²) in [5.74, 6) is 3.76. The summed E-state index contributed by atoms with van der Waals surface area (Å²) in [5.41, 5.74) is 16.6. The summed E-state index contributed by atoms with van der Waals surface area (Å²) in [6.07, 6.45) is 6.76. The molecule has 302 valence electrons. The van der Waals surface area contributed by atoms with E-state index >= 15 is 0 Å². The quantitative estimate of drug-likeness (QED) is 0.165. The van der Waals surface area contributed by atoms with Crippen molar-refractivity contribution in [3.05, 3.63) is 181 Å². The lowest BCUT2D eigenvalue weighted by molar-refractivity contribution is -0.0393. The van der Waals surface area contributed by atoms with E-state index in [-0.39, 0.29) is 5.41 Å². The molecule has 4 saturated carbocycles. The third-order valence-corrected chi connectivity index (χ3v) is 20.2. The molecule has 63 heavy (non-hydrogen) atoms. The Labute approximate surface area is 370 Å². The smallest absolute Gasteiger partial charge is 0.161 e. The highest BCUT2D eigenvalue weighted by Crippen LogP contribution is 2.71. The summed E-state index contributed by atoms with van der Waals surface area (Å²) in [7, 11) is -2.06. The average Bonchev–Trinajstić information content (AvgIpc) is 3.76. The van der Waals surface area contributed by atoms with Crippen molar-refractivity contribution in [1.29, 1.82) is 0 Å². The van der Waals surface area contributed by atoms with Gasteiger partial charge in [-0.25, -0.2) is 9.97 Å². The van der Waals surface area contributed by atoms with Crippen molar-refractivity contribution in [3.8, 4) is 67.3 Å². The fourth-order valence-corrected chi connectivity index (χ4v) is 17.4. The maximum absolute atomic E-state index is 5.65. The number of hydrogen-bond donors (Lipinski definition) is 0. The van der Waals surface area contributed by atoms with Crippen LogP contribution in [-0.2, 0) is 5.41 Å². The molecule has 1 aliphatic heterocycles. The van der Waals surface area contributed by atoms with Gasteiger partial charge < -0.3 is 0 Å². The van der Waals surface area contributed by atoms with Gasteiger partial charge in [0, 0.05) is 22.1 Å². The molecule has 0 atom stereocenters. The first-order valence-corrected chi connectivity index (χ1v) is 26.3. The predicted octanol–water partition coefficient (Wildman–Crippen LogP) is 14.0. The van der Waals surface area contributed by atoms with E-state index in [4.69, 9.17) is 9.97 Å². The summed E-state index contributed by atoms with van der Waals surface area (Å²) in [4.78, 5) is 11.3. The van der Waals surface area contributed by atoms with Gasteiger partial charge in [0.2, 0.25) is 0 Å². The second-order valence-corrected chi connectivity index (χ2v) is 24.4. The van der Waals surface area contributed by atoms with Crippen LogP contribution >= 0.6 is 0 Å². The summed E-state index contributed by atoms with van der Waals surface area (Å²) >= 11 is 0. The lowest BCUT2D eigenvalue weighted by atomic mass is 9.43. The zero-order chi connectivity index (χ0) is 41.6. The number of benzene rings is 8. The SMILES string of the molecule is C[Si]1(C)c2cccc(-c3cc4c(cc3-c3nc(-c5ccccc5)cc(-c5ccccc5)n3)C3(c5c-4ccc4ccccc54)C4CC5CC(C4)CC3C5)c2-c2c1ccc1ccccc21. The van der Waals surface area contributed by atoms with Gasteiger partial charge in [0.1, 0.15) is 8.07 Å². The lowest BCUT2D eigenvalue weighted by Crippen LogP contribution is -2.55. The Morgan fingerprint density at radius 2 is 1.03 bits per heavy atom. The van der Waals surface area contributed by atoms with Crippen molar-refractivity contribution in [1.82, 2.24) is 9.97 Å². The predicted molar refractivity (Wildman–Crippen MR) is 264 cm³/mol. The number of hydrogen-bond acceptors (Lipinski definition) is 2. The Balaban J connectivity index is 1.12. The van der Waals surface area contributed by atoms with Gasteiger partial charge >= 0.3 is 0 Å². The molecule has 1 spiro atoms. The molecule has 5 aliphatic carbocycles. The number of fused-ring (bicyclic) bond motifs is 10. The van der Waals surface area contributed by atoms with Crippen molar-refractivity contribution in [2.45, 2.75) is 50.6 Å². The van der Waals surface area contributed by atoms with Gasteiger partial charge in [-0.3, -0.25) is 0 Å². The molecule has 9 aromatic rings. The minimum Gasteiger partial charge on any atom is -0.228 e. The molecule has 0 saturated heterocycles. The highest BCUT2D eigenvalue weighted by Gasteiger charge is 2.62. The van der Waals surface area contributed by atoms with Crippen LogP contribution in [0.3, 0.4) is 0 Å². The molecular formula is C60H48N2Si. The van der Waals surface area contributed by atoms with Gasteiger partial charge in [0.05, 0.1) is 11.4 Å². The Hall–Kier alpha value is -6.42. The Morgan fingerprint density at radius 1 is 0.444 bits per heavy atom. The Morgan fingerprint density at radius 3 is 1.71 bits per heavy atom. The number of aromatic nitrogens is 2. The molecular weight excluding hydrogens is 777 g/mol. The molecule has 2 nitrogen and oxygen atoms in total. The third kappa shape index (κ3) is 4.95. The van der Waals surface area contributed by atoms with Gasteiger partial charge in [-0.2, -0.15) is 0 Å². The second kappa shape index (κ2) is 13.1. The van der Waals surface area contributed by atoms with Crippen molar-refractivity contribution < 1.29 is 0 Å². The van der Waals surface area contributed by atoms with E-state index < -0.39 is 8.07 Å². The zero-order valence-corrected chi connectivity index (χ0v) is 36.9. The molecule has 0 radical (unpaired) electrons. The van der Waals surface area contributed by atoms with E-state index in [0.29, 0.717) is 11.8 Å². The molecule has 2 heterocycles. The molecule has 0 unspecified atom stereocenters. The fraction of sp³-hybridized carbons (Fsp3) is 0.200. The Kier molecular flexibility index (Phi) is 7.48. The van der Waals surface area contributed by atoms with Crippen molar-refractivity contribution >= 4 is 40.0 Å². The van der Waals surface area contributed by atoms with Crippen molar-refractivity contribution in [2.75, 3.05) is 0 Å². The minimum absolute atomic E-state index is 0.0398. The number of nitrogens with zero attached hydrogens (tertiary/aromatic N) is 2. The van der Waals surface area contributed by atoms with Gasteiger partial charge in [0.25, 0.3) is 0 Å². The molecule has 1 aromatic heterocycles. The van der Waals surface area contributed by atoms with Crippen LogP contribution in [0.5, 0.6) is 0 Å². The largest absolute Gasteiger partial charge is 0.228 e. The van der Waals surface area contributed by atoms with Gasteiger partial charge in [-0.05, 0) is 150 Å².